The summed E-state index contributed by atoms with van der Waals surface area (Å²) in [4.78, 5) is 17.3. The highest BCUT2D eigenvalue weighted by molar-refractivity contribution is 7.21. The minimum absolute atomic E-state index is 0.0673. The van der Waals surface area contributed by atoms with Crippen molar-refractivity contribution in [1.29, 1.82) is 0 Å². The van der Waals surface area contributed by atoms with Gasteiger partial charge in [0.15, 0.2) is 6.61 Å². The maximum Gasteiger partial charge on any atom is 0.262 e. The zero-order valence-corrected chi connectivity index (χ0v) is 16.9. The van der Waals surface area contributed by atoms with Gasteiger partial charge in [-0.1, -0.05) is 60.7 Å². The van der Waals surface area contributed by atoms with Gasteiger partial charge in [-0.15, -0.1) is 11.3 Å². The van der Waals surface area contributed by atoms with Crippen molar-refractivity contribution >= 4 is 43.9 Å². The molecule has 30 heavy (non-hydrogen) atoms. The van der Waals surface area contributed by atoms with Gasteiger partial charge in [0, 0.05) is 10.9 Å². The highest BCUT2D eigenvalue weighted by Crippen LogP contribution is 2.34. The molecule has 5 aromatic rings. The van der Waals surface area contributed by atoms with Crippen LogP contribution in [-0.4, -0.2) is 17.5 Å². The molecule has 0 aliphatic heterocycles. The molecule has 5 heteroatoms. The summed E-state index contributed by atoms with van der Waals surface area (Å²) < 4.78 is 6.94. The van der Waals surface area contributed by atoms with Gasteiger partial charge in [-0.25, -0.2) is 4.98 Å². The SMILES string of the molecule is O=C(COc1cccc2ccccc12)Nc1ccccc1-c1nc2ccccc2s1. The van der Waals surface area contributed by atoms with Crippen LogP contribution < -0.4 is 10.1 Å². The number of nitrogens with one attached hydrogen (secondary N) is 1. The molecular weight excluding hydrogens is 392 g/mol. The minimum atomic E-state index is -0.212. The normalized spacial score (nSPS) is 10.9. The lowest BCUT2D eigenvalue weighted by Gasteiger charge is -2.11. The molecule has 1 aromatic heterocycles. The van der Waals surface area contributed by atoms with Gasteiger partial charge in [-0.2, -0.15) is 0 Å². The number of anilines is 1. The number of rotatable bonds is 5. The molecule has 0 radical (unpaired) electrons. The smallest absolute Gasteiger partial charge is 0.262 e. The standard InChI is InChI=1S/C25H18N2O2S/c28-24(16-29-22-14-7-9-17-8-1-2-10-18(17)22)26-20-12-4-3-11-19(20)25-27-21-13-5-6-15-23(21)30-25/h1-15H,16H2,(H,26,28). The predicted molar refractivity (Wildman–Crippen MR) is 123 cm³/mol. The fourth-order valence-corrected chi connectivity index (χ4v) is 4.42. The Morgan fingerprint density at radius 1 is 0.867 bits per heavy atom. The Bertz CT molecular complexity index is 1320. The topological polar surface area (TPSA) is 51.2 Å². The van der Waals surface area contributed by atoms with Crippen LogP contribution >= 0.6 is 11.3 Å². The van der Waals surface area contributed by atoms with Crippen LogP contribution in [0.3, 0.4) is 0 Å². The number of para-hydroxylation sites is 2. The highest BCUT2D eigenvalue weighted by atomic mass is 32.1. The highest BCUT2D eigenvalue weighted by Gasteiger charge is 2.13. The molecule has 1 N–H and O–H groups in total. The fraction of sp³-hybridized carbons (Fsp3) is 0.0400. The van der Waals surface area contributed by atoms with Crippen molar-refractivity contribution < 1.29 is 9.53 Å². The summed E-state index contributed by atoms with van der Waals surface area (Å²) in [5.74, 6) is 0.485. The molecule has 4 aromatic carbocycles. The fourth-order valence-electron chi connectivity index (χ4n) is 3.42. The molecule has 0 atom stereocenters. The molecule has 0 spiro atoms. The van der Waals surface area contributed by atoms with E-state index in [1.54, 1.807) is 11.3 Å². The van der Waals surface area contributed by atoms with Crippen molar-refractivity contribution in [2.24, 2.45) is 0 Å². The van der Waals surface area contributed by atoms with Crippen molar-refractivity contribution in [1.82, 2.24) is 4.98 Å². The monoisotopic (exact) mass is 410 g/mol. The molecule has 0 saturated carbocycles. The van der Waals surface area contributed by atoms with Crippen molar-refractivity contribution in [2.45, 2.75) is 0 Å². The number of ether oxygens (including phenoxy) is 1. The number of hydrogen-bond acceptors (Lipinski definition) is 4. The lowest BCUT2D eigenvalue weighted by Crippen LogP contribution is -2.20. The first-order valence-corrected chi connectivity index (χ1v) is 10.4. The average molecular weight is 410 g/mol. The van der Waals surface area contributed by atoms with Crippen LogP contribution in [0.4, 0.5) is 5.69 Å². The number of nitrogens with zero attached hydrogens (tertiary/aromatic N) is 1. The minimum Gasteiger partial charge on any atom is -0.483 e. The molecule has 5 rings (SSSR count). The van der Waals surface area contributed by atoms with Crippen LogP contribution in [0.2, 0.25) is 0 Å². The Hall–Kier alpha value is -3.70. The van der Waals surface area contributed by atoms with Crippen LogP contribution in [-0.2, 0) is 4.79 Å². The van der Waals surface area contributed by atoms with Gasteiger partial charge in [0.05, 0.1) is 15.9 Å². The first-order valence-electron chi connectivity index (χ1n) is 9.63. The van der Waals surface area contributed by atoms with Gasteiger partial charge < -0.3 is 10.1 Å². The number of thiazole rings is 1. The third-order valence-electron chi connectivity index (χ3n) is 4.83. The second-order valence-electron chi connectivity index (χ2n) is 6.85. The lowest BCUT2D eigenvalue weighted by atomic mass is 10.1. The number of fused-ring (bicyclic) bond motifs is 2. The Kier molecular flexibility index (Phi) is 4.87. The van der Waals surface area contributed by atoms with Crippen molar-refractivity contribution in [3.63, 3.8) is 0 Å². The quantitative estimate of drug-likeness (QED) is 0.379. The van der Waals surface area contributed by atoms with E-state index in [-0.39, 0.29) is 12.5 Å². The van der Waals surface area contributed by atoms with Crippen LogP contribution in [0.1, 0.15) is 0 Å². The summed E-state index contributed by atoms with van der Waals surface area (Å²) in [6, 6.07) is 29.5. The van der Waals surface area contributed by atoms with E-state index in [0.717, 1.165) is 37.2 Å². The van der Waals surface area contributed by atoms with E-state index < -0.39 is 0 Å². The number of amides is 1. The maximum atomic E-state index is 12.6. The van der Waals surface area contributed by atoms with Crippen LogP contribution in [0.25, 0.3) is 31.6 Å². The molecule has 0 bridgehead atoms. The van der Waals surface area contributed by atoms with E-state index in [0.29, 0.717) is 5.75 Å². The summed E-state index contributed by atoms with van der Waals surface area (Å²) in [6.45, 7) is -0.0673. The van der Waals surface area contributed by atoms with E-state index in [1.807, 2.05) is 84.9 Å². The van der Waals surface area contributed by atoms with Crippen LogP contribution in [0.15, 0.2) is 91.0 Å². The number of benzene rings is 4. The number of carbonyl (C=O) groups excluding carboxylic acids is 1. The van der Waals surface area contributed by atoms with E-state index in [1.165, 1.54) is 0 Å². The van der Waals surface area contributed by atoms with Gasteiger partial charge in [0.25, 0.3) is 5.91 Å². The molecule has 0 saturated heterocycles. The Labute approximate surface area is 177 Å². The average Bonchev–Trinajstić information content (AvgIpc) is 3.22. The van der Waals surface area contributed by atoms with Crippen LogP contribution in [0.5, 0.6) is 5.75 Å². The lowest BCUT2D eigenvalue weighted by molar-refractivity contribution is -0.118. The molecule has 0 aliphatic carbocycles. The van der Waals surface area contributed by atoms with Crippen molar-refractivity contribution in [3.8, 4) is 16.3 Å². The van der Waals surface area contributed by atoms with Gasteiger partial charge in [-0.3, -0.25) is 4.79 Å². The molecule has 4 nitrogen and oxygen atoms in total. The number of hydrogen-bond donors (Lipinski definition) is 1. The summed E-state index contributed by atoms with van der Waals surface area (Å²) >= 11 is 1.61. The second kappa shape index (κ2) is 7.97. The van der Waals surface area contributed by atoms with E-state index in [4.69, 9.17) is 9.72 Å². The molecular formula is C25H18N2O2S. The summed E-state index contributed by atoms with van der Waals surface area (Å²) in [5, 5.41) is 5.92. The summed E-state index contributed by atoms with van der Waals surface area (Å²) in [5.41, 5.74) is 2.58. The van der Waals surface area contributed by atoms with Crippen molar-refractivity contribution in [3.05, 3.63) is 91.0 Å². The largest absolute Gasteiger partial charge is 0.483 e. The van der Waals surface area contributed by atoms with Gasteiger partial charge in [0.2, 0.25) is 0 Å². The molecule has 0 unspecified atom stereocenters. The Morgan fingerprint density at radius 3 is 2.57 bits per heavy atom. The first-order chi connectivity index (χ1) is 14.8. The van der Waals surface area contributed by atoms with Crippen molar-refractivity contribution in [2.75, 3.05) is 11.9 Å². The molecule has 1 heterocycles. The molecule has 146 valence electrons. The molecule has 0 fully saturated rings. The third-order valence-corrected chi connectivity index (χ3v) is 5.90. The molecule has 1 amide bonds. The summed E-state index contributed by atoms with van der Waals surface area (Å²) in [6.07, 6.45) is 0. The maximum absolute atomic E-state index is 12.6. The van der Waals surface area contributed by atoms with E-state index in [2.05, 4.69) is 11.4 Å². The van der Waals surface area contributed by atoms with E-state index >= 15 is 0 Å². The first kappa shape index (κ1) is 18.3. The number of aromatic nitrogens is 1. The van der Waals surface area contributed by atoms with Gasteiger partial charge in [-0.05, 0) is 35.7 Å². The second-order valence-corrected chi connectivity index (χ2v) is 7.88. The zero-order valence-electron chi connectivity index (χ0n) is 16.0. The zero-order chi connectivity index (χ0) is 20.3. The third kappa shape index (κ3) is 3.63. The predicted octanol–water partition coefficient (Wildman–Crippen LogP) is 6.13. The van der Waals surface area contributed by atoms with Gasteiger partial charge in [0.1, 0.15) is 10.8 Å². The summed E-state index contributed by atoms with van der Waals surface area (Å²) in [7, 11) is 0. The molecule has 0 aliphatic rings. The number of carbonyl (C=O) groups is 1. The Morgan fingerprint density at radius 2 is 1.63 bits per heavy atom. The Balaban J connectivity index is 1.35. The van der Waals surface area contributed by atoms with Crippen LogP contribution in [0, 0.1) is 0 Å². The van der Waals surface area contributed by atoms with Gasteiger partial charge >= 0.3 is 0 Å². The van der Waals surface area contributed by atoms with E-state index in [9.17, 15) is 4.79 Å².